The Morgan fingerprint density at radius 3 is 2.39 bits per heavy atom. The highest BCUT2D eigenvalue weighted by Crippen LogP contribution is 2.34. The Bertz CT molecular complexity index is 409. The summed E-state index contributed by atoms with van der Waals surface area (Å²) in [5.41, 5.74) is 5.41. The van der Waals surface area contributed by atoms with Crippen LogP contribution in [-0.4, -0.2) is 18.6 Å². The highest BCUT2D eigenvalue weighted by molar-refractivity contribution is 5.31. The second-order valence-electron chi connectivity index (χ2n) is 4.94. The van der Waals surface area contributed by atoms with Gasteiger partial charge < -0.3 is 11.1 Å². The molecule has 2 rings (SSSR count). The molecule has 0 unspecified atom stereocenters. The van der Waals surface area contributed by atoms with Crippen molar-refractivity contribution in [2.45, 2.75) is 31.0 Å². The van der Waals surface area contributed by atoms with Crippen molar-refractivity contribution < 1.29 is 13.2 Å². The zero-order chi connectivity index (χ0) is 13.2. The molecule has 1 saturated heterocycles. The van der Waals surface area contributed by atoms with Crippen molar-refractivity contribution in [3.8, 4) is 0 Å². The smallest absolute Gasteiger partial charge is 0.325 e. The van der Waals surface area contributed by atoms with Gasteiger partial charge in [-0.1, -0.05) is 18.2 Å². The van der Waals surface area contributed by atoms with Crippen LogP contribution in [0.4, 0.5) is 13.2 Å². The molecule has 0 radical (unpaired) electrons. The number of alkyl halides is 3. The van der Waals surface area contributed by atoms with Gasteiger partial charge in [-0.3, -0.25) is 0 Å². The SMILES string of the molecule is NC1(Cc2ccccc2C(F)(F)F)CCNCC1. The standard InChI is InChI=1S/C13H17F3N2/c14-13(15,16)11-4-2-1-3-10(11)9-12(17)5-7-18-8-6-12/h1-4,18H,5-9,17H2. The van der Waals surface area contributed by atoms with Gasteiger partial charge in [-0.15, -0.1) is 0 Å². The molecule has 3 N–H and O–H groups in total. The third kappa shape index (κ3) is 3.03. The van der Waals surface area contributed by atoms with Crippen LogP contribution in [0.1, 0.15) is 24.0 Å². The number of benzene rings is 1. The average molecular weight is 258 g/mol. The van der Waals surface area contributed by atoms with Gasteiger partial charge in [0.15, 0.2) is 0 Å². The topological polar surface area (TPSA) is 38.0 Å². The van der Waals surface area contributed by atoms with Crippen LogP contribution in [-0.2, 0) is 12.6 Å². The molecular weight excluding hydrogens is 241 g/mol. The van der Waals surface area contributed by atoms with Crippen LogP contribution < -0.4 is 11.1 Å². The highest BCUT2D eigenvalue weighted by Gasteiger charge is 2.36. The molecule has 0 bridgehead atoms. The van der Waals surface area contributed by atoms with E-state index in [1.54, 1.807) is 6.07 Å². The molecule has 0 amide bonds. The molecule has 100 valence electrons. The third-order valence-corrected chi connectivity index (χ3v) is 3.46. The van der Waals surface area contributed by atoms with Crippen molar-refractivity contribution in [3.05, 3.63) is 35.4 Å². The van der Waals surface area contributed by atoms with E-state index in [2.05, 4.69) is 5.32 Å². The van der Waals surface area contributed by atoms with Gasteiger partial charge in [0.2, 0.25) is 0 Å². The lowest BCUT2D eigenvalue weighted by Gasteiger charge is -2.34. The first kappa shape index (κ1) is 13.4. The van der Waals surface area contributed by atoms with E-state index in [4.69, 9.17) is 5.73 Å². The summed E-state index contributed by atoms with van der Waals surface area (Å²) in [4.78, 5) is 0. The fourth-order valence-electron chi connectivity index (χ4n) is 2.43. The van der Waals surface area contributed by atoms with Crippen molar-refractivity contribution >= 4 is 0 Å². The van der Waals surface area contributed by atoms with Crippen LogP contribution in [0.5, 0.6) is 0 Å². The number of rotatable bonds is 2. The number of hydrogen-bond acceptors (Lipinski definition) is 2. The number of nitrogens with two attached hydrogens (primary N) is 1. The molecule has 0 atom stereocenters. The molecular formula is C13H17F3N2. The summed E-state index contributed by atoms with van der Waals surface area (Å²) in [5.74, 6) is 0. The van der Waals surface area contributed by atoms with E-state index in [9.17, 15) is 13.2 Å². The highest BCUT2D eigenvalue weighted by atomic mass is 19.4. The van der Waals surface area contributed by atoms with Gasteiger partial charge in [0.25, 0.3) is 0 Å². The summed E-state index contributed by atoms with van der Waals surface area (Å²) in [7, 11) is 0. The van der Waals surface area contributed by atoms with Gasteiger partial charge in [0.1, 0.15) is 0 Å². The first-order valence-electron chi connectivity index (χ1n) is 6.05. The van der Waals surface area contributed by atoms with Gasteiger partial charge in [-0.05, 0) is 44.0 Å². The van der Waals surface area contributed by atoms with Crippen molar-refractivity contribution in [2.75, 3.05) is 13.1 Å². The number of halogens is 3. The van der Waals surface area contributed by atoms with Crippen molar-refractivity contribution in [3.63, 3.8) is 0 Å². The minimum atomic E-state index is -4.31. The molecule has 1 aromatic rings. The Kier molecular flexibility index (Phi) is 3.64. The van der Waals surface area contributed by atoms with E-state index in [-0.39, 0.29) is 6.42 Å². The predicted octanol–water partition coefficient (Wildman–Crippen LogP) is 2.33. The molecule has 0 spiro atoms. The summed E-state index contributed by atoms with van der Waals surface area (Å²) in [6.45, 7) is 1.54. The maximum atomic E-state index is 12.9. The van der Waals surface area contributed by atoms with Crippen molar-refractivity contribution in [2.24, 2.45) is 5.73 Å². The Balaban J connectivity index is 2.23. The molecule has 5 heteroatoms. The normalized spacial score (nSPS) is 19.8. The van der Waals surface area contributed by atoms with Gasteiger partial charge in [0, 0.05) is 5.54 Å². The second-order valence-corrected chi connectivity index (χ2v) is 4.94. The summed E-state index contributed by atoms with van der Waals surface area (Å²) < 4.78 is 38.6. The third-order valence-electron chi connectivity index (χ3n) is 3.46. The molecule has 2 nitrogen and oxygen atoms in total. The molecule has 0 saturated carbocycles. The van der Waals surface area contributed by atoms with Crippen LogP contribution >= 0.6 is 0 Å². The largest absolute Gasteiger partial charge is 0.416 e. The minimum Gasteiger partial charge on any atom is -0.325 e. The maximum Gasteiger partial charge on any atom is 0.416 e. The molecule has 1 aliphatic rings. The lowest BCUT2D eigenvalue weighted by molar-refractivity contribution is -0.138. The van der Waals surface area contributed by atoms with E-state index in [0.29, 0.717) is 18.4 Å². The number of piperidine rings is 1. The summed E-state index contributed by atoms with van der Waals surface area (Å²) in [5, 5.41) is 3.17. The summed E-state index contributed by atoms with van der Waals surface area (Å²) in [6.07, 6.45) is -2.61. The summed E-state index contributed by atoms with van der Waals surface area (Å²) >= 11 is 0. The van der Waals surface area contributed by atoms with Crippen LogP contribution in [0.15, 0.2) is 24.3 Å². The van der Waals surface area contributed by atoms with Gasteiger partial charge >= 0.3 is 6.18 Å². The molecule has 18 heavy (non-hydrogen) atoms. The van der Waals surface area contributed by atoms with Crippen LogP contribution in [0, 0.1) is 0 Å². The molecule has 1 fully saturated rings. The van der Waals surface area contributed by atoms with E-state index in [1.165, 1.54) is 12.1 Å². The molecule has 1 aliphatic heterocycles. The first-order valence-corrected chi connectivity index (χ1v) is 6.05. The monoisotopic (exact) mass is 258 g/mol. The zero-order valence-electron chi connectivity index (χ0n) is 10.1. The average Bonchev–Trinajstić information content (AvgIpc) is 2.28. The van der Waals surface area contributed by atoms with Crippen LogP contribution in [0.25, 0.3) is 0 Å². The van der Waals surface area contributed by atoms with Gasteiger partial charge in [-0.2, -0.15) is 13.2 Å². The van der Waals surface area contributed by atoms with Crippen LogP contribution in [0.3, 0.4) is 0 Å². The van der Waals surface area contributed by atoms with Crippen molar-refractivity contribution in [1.29, 1.82) is 0 Å². The van der Waals surface area contributed by atoms with Gasteiger partial charge in [-0.25, -0.2) is 0 Å². The number of nitrogens with one attached hydrogen (secondary N) is 1. The quantitative estimate of drug-likeness (QED) is 0.854. The van der Waals surface area contributed by atoms with E-state index in [1.807, 2.05) is 0 Å². The Morgan fingerprint density at radius 2 is 1.78 bits per heavy atom. The fourth-order valence-corrected chi connectivity index (χ4v) is 2.43. The fraction of sp³-hybridized carbons (Fsp3) is 0.538. The second kappa shape index (κ2) is 4.90. The van der Waals surface area contributed by atoms with E-state index in [0.717, 1.165) is 19.2 Å². The van der Waals surface area contributed by atoms with Crippen LogP contribution in [0.2, 0.25) is 0 Å². The molecule has 0 aromatic heterocycles. The lowest BCUT2D eigenvalue weighted by Crippen LogP contribution is -2.50. The van der Waals surface area contributed by atoms with E-state index < -0.39 is 17.3 Å². The predicted molar refractivity (Wildman–Crippen MR) is 64.2 cm³/mol. The Hall–Kier alpha value is -1.07. The Labute approximate surface area is 104 Å². The maximum absolute atomic E-state index is 12.9. The van der Waals surface area contributed by atoms with Gasteiger partial charge in [0.05, 0.1) is 5.56 Å². The number of hydrogen-bond donors (Lipinski definition) is 2. The zero-order valence-corrected chi connectivity index (χ0v) is 10.1. The lowest BCUT2D eigenvalue weighted by atomic mass is 9.82. The van der Waals surface area contributed by atoms with Crippen molar-refractivity contribution in [1.82, 2.24) is 5.32 Å². The Morgan fingerprint density at radius 1 is 1.17 bits per heavy atom. The molecule has 0 aliphatic carbocycles. The first-order chi connectivity index (χ1) is 8.41. The van der Waals surface area contributed by atoms with E-state index >= 15 is 0 Å². The minimum absolute atomic E-state index is 0.282. The molecule has 1 heterocycles. The molecule has 1 aromatic carbocycles. The summed E-state index contributed by atoms with van der Waals surface area (Å²) in [6, 6.07) is 5.70.